The van der Waals surface area contributed by atoms with Gasteiger partial charge >= 0.3 is 12.4 Å². The summed E-state index contributed by atoms with van der Waals surface area (Å²) in [5.41, 5.74) is 1.24. The number of rotatable bonds is 3. The van der Waals surface area contributed by atoms with E-state index in [0.717, 1.165) is 35.2 Å². The molecule has 2 aromatic heterocycles. The van der Waals surface area contributed by atoms with E-state index in [1.165, 1.54) is 18.2 Å². The summed E-state index contributed by atoms with van der Waals surface area (Å²) in [4.78, 5) is 13.2. The van der Waals surface area contributed by atoms with Gasteiger partial charge in [0, 0.05) is 37.4 Å². The molecule has 0 aliphatic rings. The van der Waals surface area contributed by atoms with Crippen LogP contribution < -0.4 is 4.74 Å². The molecule has 0 saturated heterocycles. The van der Waals surface area contributed by atoms with Crippen molar-refractivity contribution >= 4 is 21.9 Å². The maximum atomic E-state index is 12.9. The fourth-order valence-corrected chi connectivity index (χ4v) is 4.15. The Kier molecular flexibility index (Phi) is 9.47. The van der Waals surface area contributed by atoms with E-state index in [1.54, 1.807) is 30.5 Å². The van der Waals surface area contributed by atoms with Gasteiger partial charge in [0.1, 0.15) is 11.3 Å². The molecule has 6 aromatic rings. The number of benzene rings is 4. The second-order valence-electron chi connectivity index (χ2n) is 8.95. The van der Waals surface area contributed by atoms with Crippen molar-refractivity contribution in [1.29, 1.82) is 0 Å². The summed E-state index contributed by atoms with van der Waals surface area (Å²) >= 11 is 0. The Hall–Kier alpha value is -4.34. The Labute approximate surface area is 255 Å². The summed E-state index contributed by atoms with van der Waals surface area (Å²) in [6.45, 7) is 0. The van der Waals surface area contributed by atoms with Gasteiger partial charge in [0.25, 0.3) is 0 Å². The minimum atomic E-state index is -4.51. The van der Waals surface area contributed by atoms with Gasteiger partial charge in [0.05, 0.1) is 22.3 Å². The SMILES string of the molecule is FC(F)(F)c1c[c-]c(-c2nc3ccccc3nc2-c2ccc(C(F)(F)F)cc2)cc1.[CH2-]Oc1cccc2cccnc12.[Ir]. The Morgan fingerprint density at radius 2 is 1.26 bits per heavy atom. The van der Waals surface area contributed by atoms with Gasteiger partial charge in [-0.05, 0) is 47.5 Å². The number of fused-ring (bicyclic) bond motifs is 2. The van der Waals surface area contributed by atoms with Crippen LogP contribution in [-0.4, -0.2) is 15.0 Å². The van der Waals surface area contributed by atoms with Gasteiger partial charge in [0.15, 0.2) is 0 Å². The van der Waals surface area contributed by atoms with Crippen LogP contribution in [0.4, 0.5) is 26.3 Å². The molecule has 6 rings (SSSR count). The third-order valence-electron chi connectivity index (χ3n) is 6.20. The van der Waals surface area contributed by atoms with E-state index in [2.05, 4.69) is 28.1 Å². The number of aromatic nitrogens is 3. The van der Waals surface area contributed by atoms with Crippen LogP contribution in [0.1, 0.15) is 11.1 Å². The summed E-state index contributed by atoms with van der Waals surface area (Å²) in [5, 5.41) is 1.07. The molecule has 0 amide bonds. The van der Waals surface area contributed by atoms with E-state index in [-0.39, 0.29) is 37.1 Å². The summed E-state index contributed by atoms with van der Waals surface area (Å²) < 4.78 is 82.2. The van der Waals surface area contributed by atoms with Crippen molar-refractivity contribution < 1.29 is 51.2 Å². The average Bonchev–Trinajstić information content (AvgIpc) is 2.99. The maximum absolute atomic E-state index is 12.9. The topological polar surface area (TPSA) is 47.9 Å². The zero-order chi connectivity index (χ0) is 29.9. The molecule has 0 unspecified atom stereocenters. The first kappa shape index (κ1) is 31.6. The summed E-state index contributed by atoms with van der Waals surface area (Å²) in [6, 6.07) is 26.4. The van der Waals surface area contributed by atoms with Crippen molar-refractivity contribution in [3.05, 3.63) is 128 Å². The largest absolute Gasteiger partial charge is 0.664 e. The smallest absolute Gasteiger partial charge is 0.416 e. The number of ether oxygens (including phenoxy) is 1. The van der Waals surface area contributed by atoms with Gasteiger partial charge in [0.2, 0.25) is 0 Å². The third-order valence-corrected chi connectivity index (χ3v) is 6.20. The second-order valence-corrected chi connectivity index (χ2v) is 8.95. The normalized spacial score (nSPS) is 11.4. The predicted molar refractivity (Wildman–Crippen MR) is 147 cm³/mol. The van der Waals surface area contributed by atoms with Crippen LogP contribution >= 0.6 is 0 Å². The molecule has 4 nitrogen and oxygen atoms in total. The minimum Gasteiger partial charge on any atom is -0.664 e. The Morgan fingerprint density at radius 1 is 0.651 bits per heavy atom. The van der Waals surface area contributed by atoms with Crippen LogP contribution in [0.15, 0.2) is 103 Å². The molecule has 0 aliphatic heterocycles. The van der Waals surface area contributed by atoms with E-state index in [4.69, 9.17) is 4.74 Å². The van der Waals surface area contributed by atoms with Crippen molar-refractivity contribution in [2.75, 3.05) is 0 Å². The molecule has 11 heteroatoms. The number of nitrogens with zero attached hydrogens (tertiary/aromatic N) is 3. The van der Waals surface area contributed by atoms with Crippen LogP contribution in [0.5, 0.6) is 5.75 Å². The van der Waals surface area contributed by atoms with Gasteiger partial charge < -0.3 is 4.74 Å². The molecule has 2 heterocycles. The molecule has 0 fully saturated rings. The van der Waals surface area contributed by atoms with Gasteiger partial charge in [-0.3, -0.25) is 15.0 Å². The number of hydrogen-bond acceptors (Lipinski definition) is 4. The zero-order valence-corrected chi connectivity index (χ0v) is 24.3. The van der Waals surface area contributed by atoms with Crippen LogP contribution in [-0.2, 0) is 32.5 Å². The first-order chi connectivity index (χ1) is 20.0. The average molecular weight is 768 g/mol. The van der Waals surface area contributed by atoms with Crippen molar-refractivity contribution in [1.82, 2.24) is 15.0 Å². The Bertz CT molecular complexity index is 1740. The molecule has 43 heavy (non-hydrogen) atoms. The molecule has 0 spiro atoms. The number of pyridine rings is 1. The van der Waals surface area contributed by atoms with E-state index in [1.807, 2.05) is 30.3 Å². The standard InChI is InChI=1S/C22H11F6N2.C10H8NO.Ir/c23-21(24,25)15-9-5-13(6-10-15)19-20(30-18-4-2-1-3-17(18)29-19)14-7-11-16(12-8-14)22(26,27)28;1-12-9-6-2-4-8-5-3-7-11-10(8)9;/h1-7,9-12H;2-7H,1H2;/q2*-1;. The molecule has 0 N–H and O–H groups in total. The van der Waals surface area contributed by atoms with Gasteiger partial charge in [-0.25, -0.2) is 0 Å². The Balaban J connectivity index is 0.000000272. The fraction of sp³-hybridized carbons (Fsp3) is 0.0625. The van der Waals surface area contributed by atoms with Gasteiger partial charge in [-0.2, -0.15) is 33.5 Å². The van der Waals surface area contributed by atoms with Crippen LogP contribution in [0.2, 0.25) is 0 Å². The molecule has 4 aromatic carbocycles. The first-order valence-corrected chi connectivity index (χ1v) is 12.3. The van der Waals surface area contributed by atoms with Crippen LogP contribution in [0.25, 0.3) is 44.5 Å². The molecule has 0 saturated carbocycles. The molecule has 0 bridgehead atoms. The van der Waals surface area contributed by atoms with Crippen molar-refractivity contribution in [3.8, 4) is 28.3 Å². The fourth-order valence-electron chi connectivity index (χ4n) is 4.15. The zero-order valence-electron chi connectivity index (χ0n) is 21.9. The number of para-hydroxylation sites is 3. The molecule has 221 valence electrons. The molecular formula is C32H19F6IrN3O-2. The minimum absolute atomic E-state index is 0. The summed E-state index contributed by atoms with van der Waals surface area (Å²) in [7, 11) is 3.37. The molecule has 0 aliphatic carbocycles. The summed E-state index contributed by atoms with van der Waals surface area (Å²) in [6.07, 6.45) is -7.26. The van der Waals surface area contributed by atoms with E-state index in [0.29, 0.717) is 22.3 Å². The third kappa shape index (κ3) is 7.18. The quantitative estimate of drug-likeness (QED) is 0.133. The van der Waals surface area contributed by atoms with E-state index < -0.39 is 23.5 Å². The van der Waals surface area contributed by atoms with E-state index >= 15 is 0 Å². The van der Waals surface area contributed by atoms with Crippen LogP contribution in [0.3, 0.4) is 0 Å². The van der Waals surface area contributed by atoms with Crippen molar-refractivity contribution in [2.45, 2.75) is 12.4 Å². The monoisotopic (exact) mass is 768 g/mol. The maximum Gasteiger partial charge on any atom is 0.416 e. The summed E-state index contributed by atoms with van der Waals surface area (Å²) in [5.74, 6) is 0.716. The van der Waals surface area contributed by atoms with Gasteiger partial charge in [-0.1, -0.05) is 42.5 Å². The number of hydrogen-bond donors (Lipinski definition) is 0. The molecule has 1 radical (unpaired) electrons. The first-order valence-electron chi connectivity index (χ1n) is 12.3. The second kappa shape index (κ2) is 12.9. The van der Waals surface area contributed by atoms with E-state index in [9.17, 15) is 26.3 Å². The van der Waals surface area contributed by atoms with Gasteiger partial charge in [-0.15, -0.1) is 29.8 Å². The number of alkyl halides is 6. The van der Waals surface area contributed by atoms with Crippen LogP contribution in [0, 0.1) is 13.2 Å². The number of halogens is 6. The Morgan fingerprint density at radius 3 is 1.84 bits per heavy atom. The molecular weight excluding hydrogens is 749 g/mol. The predicted octanol–water partition coefficient (Wildman–Crippen LogP) is 9.20. The van der Waals surface area contributed by atoms with Crippen molar-refractivity contribution in [2.24, 2.45) is 0 Å². The van der Waals surface area contributed by atoms with Crippen molar-refractivity contribution in [3.63, 3.8) is 0 Å². The molecule has 0 atom stereocenters.